The molecule has 1 aromatic rings. The summed E-state index contributed by atoms with van der Waals surface area (Å²) < 4.78 is 16.7. The van der Waals surface area contributed by atoms with E-state index in [1.54, 1.807) is 7.11 Å². The van der Waals surface area contributed by atoms with Crippen LogP contribution in [0.3, 0.4) is 0 Å². The van der Waals surface area contributed by atoms with Gasteiger partial charge in [-0.3, -0.25) is 4.90 Å². The highest BCUT2D eigenvalue weighted by atomic mass is 16.6. The molecule has 1 fully saturated rings. The van der Waals surface area contributed by atoms with Crippen LogP contribution in [-0.2, 0) is 6.54 Å². The van der Waals surface area contributed by atoms with Gasteiger partial charge in [0, 0.05) is 12.1 Å². The molecule has 0 aromatic heterocycles. The highest BCUT2D eigenvalue weighted by Gasteiger charge is 2.36. The fourth-order valence-corrected chi connectivity index (χ4v) is 3.17. The average molecular weight is 293 g/mol. The van der Waals surface area contributed by atoms with E-state index in [0.29, 0.717) is 24.7 Å². The predicted molar refractivity (Wildman–Crippen MR) is 79.1 cm³/mol. The highest BCUT2D eigenvalue weighted by molar-refractivity contribution is 5.54. The second-order valence-corrected chi connectivity index (χ2v) is 6.00. The van der Waals surface area contributed by atoms with Gasteiger partial charge in [0.1, 0.15) is 13.2 Å². The second kappa shape index (κ2) is 5.73. The van der Waals surface area contributed by atoms with E-state index in [1.807, 2.05) is 12.1 Å². The van der Waals surface area contributed by atoms with Gasteiger partial charge in [-0.25, -0.2) is 0 Å². The van der Waals surface area contributed by atoms with Gasteiger partial charge in [-0.2, -0.15) is 0 Å². The molecule has 2 aliphatic heterocycles. The summed E-state index contributed by atoms with van der Waals surface area (Å²) in [5, 5.41) is 9.66. The standard InChI is InChI=1S/C16H23NO4/c1-16(11-18)4-3-5-17(16)10-12-8-13(19-2)15-14(9-12)20-6-7-21-15/h8-9,18H,3-7,10-11H2,1-2H3/t16-/m0/s1. The van der Waals surface area contributed by atoms with Gasteiger partial charge < -0.3 is 19.3 Å². The monoisotopic (exact) mass is 293 g/mol. The molecule has 0 spiro atoms. The van der Waals surface area contributed by atoms with Gasteiger partial charge in [0.05, 0.1) is 13.7 Å². The van der Waals surface area contributed by atoms with E-state index in [4.69, 9.17) is 14.2 Å². The fraction of sp³-hybridized carbons (Fsp3) is 0.625. The van der Waals surface area contributed by atoms with Crippen LogP contribution in [0.4, 0.5) is 0 Å². The fourth-order valence-electron chi connectivity index (χ4n) is 3.17. The minimum Gasteiger partial charge on any atom is -0.493 e. The first kappa shape index (κ1) is 14.5. The first-order valence-corrected chi connectivity index (χ1v) is 7.49. The molecule has 1 atom stereocenters. The third-order valence-electron chi connectivity index (χ3n) is 4.51. The Labute approximate surface area is 125 Å². The minimum absolute atomic E-state index is 0.125. The van der Waals surface area contributed by atoms with Crippen LogP contribution < -0.4 is 14.2 Å². The summed E-state index contributed by atoms with van der Waals surface area (Å²) in [4.78, 5) is 2.33. The third kappa shape index (κ3) is 2.68. The number of aliphatic hydroxyl groups excluding tert-OH is 1. The number of nitrogens with zero attached hydrogens (tertiary/aromatic N) is 1. The quantitative estimate of drug-likeness (QED) is 0.917. The average Bonchev–Trinajstić information content (AvgIpc) is 2.88. The van der Waals surface area contributed by atoms with Crippen LogP contribution in [0.15, 0.2) is 12.1 Å². The minimum atomic E-state index is -0.125. The smallest absolute Gasteiger partial charge is 0.203 e. The third-order valence-corrected chi connectivity index (χ3v) is 4.51. The van der Waals surface area contributed by atoms with Gasteiger partial charge >= 0.3 is 0 Å². The van der Waals surface area contributed by atoms with E-state index in [0.717, 1.165) is 37.2 Å². The van der Waals surface area contributed by atoms with Crippen molar-refractivity contribution < 1.29 is 19.3 Å². The zero-order chi connectivity index (χ0) is 14.9. The van der Waals surface area contributed by atoms with Crippen LogP contribution in [0.25, 0.3) is 0 Å². The zero-order valence-electron chi connectivity index (χ0n) is 12.7. The lowest BCUT2D eigenvalue weighted by atomic mass is 10.00. The Balaban J connectivity index is 1.86. The predicted octanol–water partition coefficient (Wildman–Crippen LogP) is 1.81. The molecule has 0 bridgehead atoms. The summed E-state index contributed by atoms with van der Waals surface area (Å²) >= 11 is 0. The maximum atomic E-state index is 9.66. The van der Waals surface area contributed by atoms with Crippen LogP contribution in [0.2, 0.25) is 0 Å². The molecule has 3 rings (SSSR count). The molecule has 5 nitrogen and oxygen atoms in total. The lowest BCUT2D eigenvalue weighted by Gasteiger charge is -2.34. The molecule has 21 heavy (non-hydrogen) atoms. The van der Waals surface area contributed by atoms with Crippen molar-refractivity contribution in [1.82, 2.24) is 4.90 Å². The van der Waals surface area contributed by atoms with Crippen LogP contribution in [0.1, 0.15) is 25.3 Å². The molecular weight excluding hydrogens is 270 g/mol. The van der Waals surface area contributed by atoms with E-state index in [9.17, 15) is 5.11 Å². The number of aliphatic hydroxyl groups is 1. The van der Waals surface area contributed by atoms with E-state index in [-0.39, 0.29) is 12.1 Å². The van der Waals surface area contributed by atoms with Crippen LogP contribution >= 0.6 is 0 Å². The van der Waals surface area contributed by atoms with Crippen LogP contribution in [0.5, 0.6) is 17.2 Å². The van der Waals surface area contributed by atoms with Gasteiger partial charge in [-0.05, 0) is 44.0 Å². The number of ether oxygens (including phenoxy) is 3. The van der Waals surface area contributed by atoms with Crippen molar-refractivity contribution in [3.63, 3.8) is 0 Å². The molecule has 0 aliphatic carbocycles. The number of rotatable bonds is 4. The summed E-state index contributed by atoms with van der Waals surface area (Å²) in [7, 11) is 1.64. The summed E-state index contributed by atoms with van der Waals surface area (Å²) in [6, 6.07) is 4.02. The topological polar surface area (TPSA) is 51.2 Å². The van der Waals surface area contributed by atoms with Crippen molar-refractivity contribution in [2.45, 2.75) is 31.8 Å². The normalized spacial score (nSPS) is 25.1. The van der Waals surface area contributed by atoms with E-state index < -0.39 is 0 Å². The number of fused-ring (bicyclic) bond motifs is 1. The summed E-state index contributed by atoms with van der Waals surface area (Å²) in [5.41, 5.74) is 0.998. The Morgan fingerprint density at radius 3 is 2.90 bits per heavy atom. The maximum absolute atomic E-state index is 9.66. The van der Waals surface area contributed by atoms with E-state index >= 15 is 0 Å². The summed E-state index contributed by atoms with van der Waals surface area (Å²) in [5.74, 6) is 2.16. The van der Waals surface area contributed by atoms with E-state index in [1.165, 1.54) is 0 Å². The van der Waals surface area contributed by atoms with Crippen molar-refractivity contribution in [1.29, 1.82) is 0 Å². The zero-order valence-corrected chi connectivity index (χ0v) is 12.7. The Kier molecular flexibility index (Phi) is 3.95. The first-order chi connectivity index (χ1) is 10.2. The molecule has 2 aliphatic rings. The van der Waals surface area contributed by atoms with Crippen molar-refractivity contribution in [3.8, 4) is 17.2 Å². The SMILES string of the molecule is COc1cc(CN2CCC[C@@]2(C)CO)cc2c1OCCO2. The number of likely N-dealkylation sites (tertiary alicyclic amines) is 1. The van der Waals surface area contributed by atoms with Crippen molar-refractivity contribution >= 4 is 0 Å². The van der Waals surface area contributed by atoms with Gasteiger partial charge in [-0.15, -0.1) is 0 Å². The largest absolute Gasteiger partial charge is 0.493 e. The van der Waals surface area contributed by atoms with Crippen molar-refractivity contribution in [3.05, 3.63) is 17.7 Å². The second-order valence-electron chi connectivity index (χ2n) is 6.00. The molecule has 0 radical (unpaired) electrons. The van der Waals surface area contributed by atoms with Crippen molar-refractivity contribution in [2.24, 2.45) is 0 Å². The number of hydrogen-bond acceptors (Lipinski definition) is 5. The molecular formula is C16H23NO4. The molecule has 0 amide bonds. The Morgan fingerprint density at radius 2 is 2.14 bits per heavy atom. The lowest BCUT2D eigenvalue weighted by Crippen LogP contribution is -2.43. The molecule has 2 heterocycles. The van der Waals surface area contributed by atoms with Gasteiger partial charge in [0.15, 0.2) is 11.5 Å². The van der Waals surface area contributed by atoms with Gasteiger partial charge in [-0.1, -0.05) is 0 Å². The molecule has 1 saturated heterocycles. The lowest BCUT2D eigenvalue weighted by molar-refractivity contribution is 0.0731. The Morgan fingerprint density at radius 1 is 1.33 bits per heavy atom. The molecule has 0 unspecified atom stereocenters. The van der Waals surface area contributed by atoms with Gasteiger partial charge in [0.25, 0.3) is 0 Å². The molecule has 1 N–H and O–H groups in total. The Bertz CT molecular complexity index is 502. The summed E-state index contributed by atoms with van der Waals surface area (Å²) in [6.07, 6.45) is 2.16. The first-order valence-electron chi connectivity index (χ1n) is 7.49. The van der Waals surface area contributed by atoms with Gasteiger partial charge in [0.2, 0.25) is 5.75 Å². The van der Waals surface area contributed by atoms with Crippen molar-refractivity contribution in [2.75, 3.05) is 33.5 Å². The molecule has 116 valence electrons. The number of benzene rings is 1. The molecule has 0 saturated carbocycles. The molecule has 1 aromatic carbocycles. The van der Waals surface area contributed by atoms with Crippen LogP contribution in [-0.4, -0.2) is 49.0 Å². The Hall–Kier alpha value is -1.46. The molecule has 5 heteroatoms. The number of methoxy groups -OCH3 is 1. The van der Waals surface area contributed by atoms with Crippen LogP contribution in [0, 0.1) is 0 Å². The maximum Gasteiger partial charge on any atom is 0.203 e. The summed E-state index contributed by atoms with van der Waals surface area (Å²) in [6.45, 7) is 5.22. The van der Waals surface area contributed by atoms with E-state index in [2.05, 4.69) is 11.8 Å². The highest BCUT2D eigenvalue weighted by Crippen LogP contribution is 2.41. The number of hydrogen-bond donors (Lipinski definition) is 1.